The van der Waals surface area contributed by atoms with Gasteiger partial charge in [-0.15, -0.1) is 0 Å². The molecule has 1 heterocycles. The second-order valence-corrected chi connectivity index (χ2v) is 19.4. The molecule has 1 N–H and O–H groups in total. The smallest absolute Gasteiger partial charge is 0.308 e. The van der Waals surface area contributed by atoms with Gasteiger partial charge in [-0.3, -0.25) is 9.59 Å². The molecule has 6 heteroatoms. The van der Waals surface area contributed by atoms with Gasteiger partial charge in [-0.1, -0.05) is 78.9 Å². The largest absolute Gasteiger partial charge is 0.462 e. The van der Waals surface area contributed by atoms with Gasteiger partial charge in [0.15, 0.2) is 0 Å². The normalized spacial score (nSPS) is 33.9. The van der Waals surface area contributed by atoms with Gasteiger partial charge in [-0.2, -0.15) is 0 Å². The highest BCUT2D eigenvalue weighted by molar-refractivity contribution is 6.80. The first kappa shape index (κ1) is 29.2. The van der Waals surface area contributed by atoms with E-state index in [1.165, 1.54) is 5.57 Å². The van der Waals surface area contributed by atoms with Crippen LogP contribution in [-0.2, 0) is 19.1 Å². The lowest BCUT2D eigenvalue weighted by atomic mass is 9.65. The highest BCUT2D eigenvalue weighted by atomic mass is 28.3. The summed E-state index contributed by atoms with van der Waals surface area (Å²) >= 11 is 0. The van der Waals surface area contributed by atoms with Crippen LogP contribution in [0, 0.1) is 29.6 Å². The highest BCUT2D eigenvalue weighted by Gasteiger charge is 2.42. The molecule has 8 atom stereocenters. The molecule has 3 rings (SSSR count). The average Bonchev–Trinajstić information content (AvgIpc) is 2.75. The Balaban J connectivity index is 1.68. The summed E-state index contributed by atoms with van der Waals surface area (Å²) in [5.41, 5.74) is 1.28. The molecule has 1 saturated heterocycles. The van der Waals surface area contributed by atoms with E-state index >= 15 is 0 Å². The van der Waals surface area contributed by atoms with Crippen molar-refractivity contribution in [3.63, 3.8) is 0 Å². The number of carbonyl (C=O) groups is 2. The van der Waals surface area contributed by atoms with Crippen LogP contribution >= 0.6 is 0 Å². The van der Waals surface area contributed by atoms with Crippen LogP contribution in [0.3, 0.4) is 0 Å². The molecular formula is C30H50O5Si. The van der Waals surface area contributed by atoms with Gasteiger partial charge in [0.1, 0.15) is 12.2 Å². The molecule has 0 radical (unpaired) electrons. The molecule has 0 amide bonds. The third-order valence-electron chi connectivity index (χ3n) is 9.56. The van der Waals surface area contributed by atoms with Crippen molar-refractivity contribution >= 4 is 20.0 Å². The van der Waals surface area contributed by atoms with Gasteiger partial charge < -0.3 is 14.6 Å². The van der Waals surface area contributed by atoms with Gasteiger partial charge in [0.05, 0.1) is 26.5 Å². The molecule has 1 fully saturated rings. The minimum atomic E-state index is -1.44. The number of allylic oxidation sites excluding steroid dienone is 3. The maximum atomic E-state index is 13.3. The molecule has 0 unspecified atom stereocenters. The van der Waals surface area contributed by atoms with E-state index in [-0.39, 0.29) is 42.4 Å². The number of cyclic esters (lactones) is 1. The highest BCUT2D eigenvalue weighted by Crippen LogP contribution is 2.46. The molecule has 0 saturated carbocycles. The van der Waals surface area contributed by atoms with Crippen LogP contribution in [0.4, 0.5) is 0 Å². The second-order valence-electron chi connectivity index (χ2n) is 13.6. The fraction of sp³-hybridized carbons (Fsp3) is 0.800. The molecule has 0 spiro atoms. The first-order valence-electron chi connectivity index (χ1n) is 14.2. The Morgan fingerprint density at radius 3 is 2.56 bits per heavy atom. The lowest BCUT2D eigenvalue weighted by molar-refractivity contribution is -0.162. The van der Waals surface area contributed by atoms with Crippen LogP contribution in [0.25, 0.3) is 0 Å². The summed E-state index contributed by atoms with van der Waals surface area (Å²) in [6.45, 7) is 18.3. The summed E-state index contributed by atoms with van der Waals surface area (Å²) in [7, 11) is -1.44. The lowest BCUT2D eigenvalue weighted by Gasteiger charge is -2.43. The second kappa shape index (κ2) is 11.5. The summed E-state index contributed by atoms with van der Waals surface area (Å²) < 4.78 is 11.8. The number of ether oxygens (including phenoxy) is 2. The minimum Gasteiger partial charge on any atom is -0.462 e. The number of aliphatic hydroxyl groups excluding tert-OH is 1. The molecule has 0 aromatic rings. The molecule has 204 valence electrons. The quantitative estimate of drug-likeness (QED) is 0.286. The van der Waals surface area contributed by atoms with Gasteiger partial charge in [0.25, 0.3) is 0 Å². The van der Waals surface area contributed by atoms with Gasteiger partial charge >= 0.3 is 11.9 Å². The Hall–Kier alpha value is -1.40. The molecular weight excluding hydrogens is 468 g/mol. The first-order valence-corrected chi connectivity index (χ1v) is 17.4. The molecule has 5 nitrogen and oxygen atoms in total. The minimum absolute atomic E-state index is 0.0579. The zero-order valence-corrected chi connectivity index (χ0v) is 24.9. The van der Waals surface area contributed by atoms with E-state index in [9.17, 15) is 14.7 Å². The van der Waals surface area contributed by atoms with E-state index in [1.54, 1.807) is 0 Å². The molecule has 36 heavy (non-hydrogen) atoms. The molecule has 0 bridgehead atoms. The van der Waals surface area contributed by atoms with E-state index in [4.69, 9.17) is 9.47 Å². The summed E-state index contributed by atoms with van der Waals surface area (Å²) in [5, 5.41) is 10.3. The van der Waals surface area contributed by atoms with Gasteiger partial charge in [0, 0.05) is 12.3 Å². The predicted molar refractivity (Wildman–Crippen MR) is 147 cm³/mol. The van der Waals surface area contributed by atoms with Crippen molar-refractivity contribution in [2.24, 2.45) is 29.6 Å². The Morgan fingerprint density at radius 1 is 1.22 bits per heavy atom. The van der Waals surface area contributed by atoms with Crippen LogP contribution in [0.15, 0.2) is 23.8 Å². The Bertz CT molecular complexity index is 854. The Kier molecular flexibility index (Phi) is 9.35. The van der Waals surface area contributed by atoms with Crippen molar-refractivity contribution in [1.29, 1.82) is 0 Å². The summed E-state index contributed by atoms with van der Waals surface area (Å²) in [6.07, 6.45) is 9.84. The number of aliphatic hydroxyl groups is 1. The SMILES string of the molecule is C[C@H]1C=C2C=C[C@H](C)[C@H](CC[C@H]3C[C@@H](O)CC(=O)O3)[C@H]2[C@@H](OC(=O)[C@@H](C)CC[Si](C)(C)C(C)(C)C)C1. The van der Waals surface area contributed by atoms with Crippen LogP contribution in [0.2, 0.25) is 24.2 Å². The van der Waals surface area contributed by atoms with E-state index in [0.717, 1.165) is 31.7 Å². The third kappa shape index (κ3) is 7.12. The molecule has 2 aliphatic carbocycles. The maximum absolute atomic E-state index is 13.3. The van der Waals surface area contributed by atoms with Gasteiger partial charge in [-0.25, -0.2) is 0 Å². The first-order chi connectivity index (χ1) is 16.7. The fourth-order valence-electron chi connectivity index (χ4n) is 5.97. The van der Waals surface area contributed by atoms with Crippen molar-refractivity contribution in [1.82, 2.24) is 0 Å². The van der Waals surface area contributed by atoms with Gasteiger partial charge in [-0.05, 0) is 54.0 Å². The number of carbonyl (C=O) groups excluding carboxylic acids is 2. The topological polar surface area (TPSA) is 72.8 Å². The van der Waals surface area contributed by atoms with Crippen molar-refractivity contribution in [2.75, 3.05) is 0 Å². The molecule has 1 aliphatic heterocycles. The van der Waals surface area contributed by atoms with Crippen LogP contribution in [-0.4, -0.2) is 43.4 Å². The number of hydrogen-bond acceptors (Lipinski definition) is 5. The predicted octanol–water partition coefficient (Wildman–Crippen LogP) is 6.68. The van der Waals surface area contributed by atoms with Crippen LogP contribution < -0.4 is 0 Å². The number of rotatable bonds is 8. The number of fused-ring (bicyclic) bond motifs is 1. The Morgan fingerprint density at radius 2 is 1.92 bits per heavy atom. The van der Waals surface area contributed by atoms with Crippen LogP contribution in [0.5, 0.6) is 0 Å². The summed E-state index contributed by atoms with van der Waals surface area (Å²) in [4.78, 5) is 25.1. The molecule has 3 aliphatic rings. The van der Waals surface area contributed by atoms with E-state index in [0.29, 0.717) is 29.2 Å². The lowest BCUT2D eigenvalue weighted by Crippen LogP contribution is -2.42. The van der Waals surface area contributed by atoms with E-state index in [1.807, 2.05) is 6.92 Å². The van der Waals surface area contributed by atoms with E-state index < -0.39 is 14.2 Å². The monoisotopic (exact) mass is 518 g/mol. The summed E-state index contributed by atoms with van der Waals surface area (Å²) in [5.74, 6) is 0.737. The van der Waals surface area contributed by atoms with Crippen molar-refractivity contribution in [2.45, 2.75) is 123 Å². The zero-order chi connectivity index (χ0) is 26.8. The van der Waals surface area contributed by atoms with Crippen molar-refractivity contribution < 1.29 is 24.2 Å². The molecule has 0 aromatic carbocycles. The van der Waals surface area contributed by atoms with Crippen molar-refractivity contribution in [3.05, 3.63) is 23.8 Å². The standard InChI is InChI=1S/C30H50O5Si/c1-19-15-22-10-9-20(2)25(12-11-24-17-23(31)18-27(32)34-24)28(22)26(16-19)35-29(33)21(3)13-14-36(7,8)30(4,5)6/h9-10,15,19-21,23-26,28,31H,11-14,16-18H2,1-8H3/t19-,20-,21-,23+,24-,25-,26-,28-/m0/s1. The molecule has 0 aromatic heterocycles. The van der Waals surface area contributed by atoms with Crippen molar-refractivity contribution in [3.8, 4) is 0 Å². The summed E-state index contributed by atoms with van der Waals surface area (Å²) in [6, 6.07) is 1.12. The maximum Gasteiger partial charge on any atom is 0.308 e. The zero-order valence-electron chi connectivity index (χ0n) is 23.9. The fourth-order valence-corrected chi connectivity index (χ4v) is 7.88. The number of hydrogen-bond donors (Lipinski definition) is 1. The third-order valence-corrected chi connectivity index (χ3v) is 15.2. The van der Waals surface area contributed by atoms with E-state index in [2.05, 4.69) is 65.9 Å². The Labute approximate surface area is 220 Å². The van der Waals surface area contributed by atoms with Gasteiger partial charge in [0.2, 0.25) is 0 Å². The van der Waals surface area contributed by atoms with Crippen LogP contribution in [0.1, 0.15) is 80.1 Å². The average molecular weight is 519 g/mol. The number of esters is 2.